The molecule has 2 saturated heterocycles. The number of halogens is 1. The first-order valence-electron chi connectivity index (χ1n) is 7.24. The van der Waals surface area contributed by atoms with E-state index in [2.05, 4.69) is 21.5 Å². The Labute approximate surface area is 122 Å². The second-order valence-electron chi connectivity index (χ2n) is 5.84. The summed E-state index contributed by atoms with van der Waals surface area (Å²) in [6.45, 7) is 4.80. The van der Waals surface area contributed by atoms with Gasteiger partial charge >= 0.3 is 0 Å². The number of nitrogens with one attached hydrogen (secondary N) is 1. The second kappa shape index (κ2) is 6.73. The van der Waals surface area contributed by atoms with Gasteiger partial charge in [-0.2, -0.15) is 5.10 Å². The standard InChI is InChI=1S/C14H24N4.ClH/c1-17-10-12(9-16-17)11-18-7-4-13(5-8-18)14-3-2-6-15-14;/h9-10,13-15H,2-8,11H2,1H3;1H. The fraction of sp³-hybridized carbons (Fsp3) is 0.786. The third-order valence-corrected chi connectivity index (χ3v) is 4.46. The molecule has 1 aromatic heterocycles. The number of hydrogen-bond acceptors (Lipinski definition) is 3. The van der Waals surface area contributed by atoms with Gasteiger partial charge in [-0.3, -0.25) is 9.58 Å². The Hall–Kier alpha value is -0.580. The van der Waals surface area contributed by atoms with Crippen molar-refractivity contribution in [1.82, 2.24) is 20.0 Å². The highest BCUT2D eigenvalue weighted by atomic mass is 35.5. The van der Waals surface area contributed by atoms with Crippen LogP contribution in [-0.4, -0.2) is 40.4 Å². The van der Waals surface area contributed by atoms with E-state index in [1.54, 1.807) is 0 Å². The quantitative estimate of drug-likeness (QED) is 0.919. The van der Waals surface area contributed by atoms with E-state index in [4.69, 9.17) is 0 Å². The molecule has 19 heavy (non-hydrogen) atoms. The summed E-state index contributed by atoms with van der Waals surface area (Å²) in [7, 11) is 1.99. The smallest absolute Gasteiger partial charge is 0.0534 e. The Bertz CT molecular complexity index is 379. The molecule has 1 aromatic rings. The fourth-order valence-corrected chi connectivity index (χ4v) is 3.44. The average Bonchev–Trinajstić information content (AvgIpc) is 3.02. The Morgan fingerprint density at radius 1 is 1.32 bits per heavy atom. The number of hydrogen-bond donors (Lipinski definition) is 1. The Balaban J connectivity index is 0.00000133. The number of aromatic nitrogens is 2. The highest BCUT2D eigenvalue weighted by Gasteiger charge is 2.28. The summed E-state index contributed by atoms with van der Waals surface area (Å²) in [6, 6.07) is 0.811. The van der Waals surface area contributed by atoms with E-state index < -0.39 is 0 Å². The molecule has 2 aliphatic rings. The van der Waals surface area contributed by atoms with Crippen LogP contribution in [0, 0.1) is 5.92 Å². The van der Waals surface area contributed by atoms with Gasteiger partial charge in [-0.05, 0) is 51.2 Å². The number of rotatable bonds is 3. The summed E-state index contributed by atoms with van der Waals surface area (Å²) in [5.74, 6) is 0.914. The second-order valence-corrected chi connectivity index (χ2v) is 5.84. The van der Waals surface area contributed by atoms with Crippen molar-refractivity contribution in [2.45, 2.75) is 38.3 Å². The van der Waals surface area contributed by atoms with Crippen molar-refractivity contribution in [3.63, 3.8) is 0 Å². The normalized spacial score (nSPS) is 25.4. The van der Waals surface area contributed by atoms with Gasteiger partial charge in [0.1, 0.15) is 0 Å². The minimum absolute atomic E-state index is 0. The van der Waals surface area contributed by atoms with Gasteiger partial charge in [0.15, 0.2) is 0 Å². The molecule has 0 aromatic carbocycles. The van der Waals surface area contributed by atoms with Gasteiger partial charge in [-0.15, -0.1) is 12.4 Å². The van der Waals surface area contributed by atoms with Crippen molar-refractivity contribution in [2.24, 2.45) is 13.0 Å². The maximum atomic E-state index is 4.24. The van der Waals surface area contributed by atoms with Gasteiger partial charge in [0, 0.05) is 31.4 Å². The zero-order chi connectivity index (χ0) is 12.4. The number of aryl methyl sites for hydroxylation is 1. The molecule has 0 radical (unpaired) electrons. The predicted molar refractivity (Wildman–Crippen MR) is 79.5 cm³/mol. The molecular weight excluding hydrogens is 260 g/mol. The van der Waals surface area contributed by atoms with E-state index in [1.807, 2.05) is 17.9 Å². The summed E-state index contributed by atoms with van der Waals surface area (Å²) in [6.07, 6.45) is 9.61. The van der Waals surface area contributed by atoms with Crippen LogP contribution in [0.5, 0.6) is 0 Å². The first-order chi connectivity index (χ1) is 8.81. The maximum absolute atomic E-state index is 4.24. The van der Waals surface area contributed by atoms with Gasteiger partial charge < -0.3 is 5.32 Å². The number of nitrogens with zero attached hydrogens (tertiary/aromatic N) is 3. The van der Waals surface area contributed by atoms with Gasteiger partial charge in [0.2, 0.25) is 0 Å². The summed E-state index contributed by atoms with van der Waals surface area (Å²) < 4.78 is 1.89. The molecule has 1 N–H and O–H groups in total. The van der Waals surface area contributed by atoms with Crippen LogP contribution in [0.4, 0.5) is 0 Å². The molecule has 0 spiro atoms. The third-order valence-electron chi connectivity index (χ3n) is 4.46. The van der Waals surface area contributed by atoms with Crippen molar-refractivity contribution < 1.29 is 0 Å². The zero-order valence-electron chi connectivity index (χ0n) is 11.7. The lowest BCUT2D eigenvalue weighted by molar-refractivity contribution is 0.157. The van der Waals surface area contributed by atoms with E-state index in [-0.39, 0.29) is 12.4 Å². The first kappa shape index (κ1) is 14.8. The van der Waals surface area contributed by atoms with Gasteiger partial charge in [0.25, 0.3) is 0 Å². The summed E-state index contributed by atoms with van der Waals surface area (Å²) in [4.78, 5) is 2.57. The van der Waals surface area contributed by atoms with Crippen LogP contribution in [0.1, 0.15) is 31.2 Å². The molecule has 0 amide bonds. The molecular formula is C14H25ClN4. The Kier molecular flexibility index (Phi) is 5.25. The summed E-state index contributed by atoms with van der Waals surface area (Å²) >= 11 is 0. The monoisotopic (exact) mass is 284 g/mol. The van der Waals surface area contributed by atoms with Crippen LogP contribution >= 0.6 is 12.4 Å². The Morgan fingerprint density at radius 2 is 2.11 bits per heavy atom. The van der Waals surface area contributed by atoms with Gasteiger partial charge in [-0.1, -0.05) is 0 Å². The van der Waals surface area contributed by atoms with Gasteiger partial charge in [-0.25, -0.2) is 0 Å². The van der Waals surface area contributed by atoms with Crippen LogP contribution in [0.15, 0.2) is 12.4 Å². The molecule has 2 fully saturated rings. The average molecular weight is 285 g/mol. The number of piperidine rings is 1. The molecule has 5 heteroatoms. The predicted octanol–water partition coefficient (Wildman–Crippen LogP) is 1.81. The van der Waals surface area contributed by atoms with Crippen molar-refractivity contribution in [1.29, 1.82) is 0 Å². The highest BCUT2D eigenvalue weighted by molar-refractivity contribution is 5.85. The SMILES string of the molecule is Cl.Cn1cc(CN2CCC(C3CCCN3)CC2)cn1. The van der Waals surface area contributed by atoms with Crippen LogP contribution in [0.3, 0.4) is 0 Å². The fourth-order valence-electron chi connectivity index (χ4n) is 3.44. The molecule has 2 aliphatic heterocycles. The van der Waals surface area contributed by atoms with E-state index >= 15 is 0 Å². The third kappa shape index (κ3) is 3.71. The van der Waals surface area contributed by atoms with Gasteiger partial charge in [0.05, 0.1) is 6.20 Å². The van der Waals surface area contributed by atoms with E-state index in [0.717, 1.165) is 18.5 Å². The topological polar surface area (TPSA) is 33.1 Å². The molecule has 4 nitrogen and oxygen atoms in total. The minimum Gasteiger partial charge on any atom is -0.314 e. The van der Waals surface area contributed by atoms with Crippen LogP contribution in [0.25, 0.3) is 0 Å². The molecule has 0 bridgehead atoms. The van der Waals surface area contributed by atoms with Crippen LogP contribution in [-0.2, 0) is 13.6 Å². The van der Waals surface area contributed by atoms with Crippen LogP contribution < -0.4 is 5.32 Å². The van der Waals surface area contributed by atoms with E-state index in [9.17, 15) is 0 Å². The van der Waals surface area contributed by atoms with E-state index in [1.165, 1.54) is 50.9 Å². The zero-order valence-corrected chi connectivity index (χ0v) is 12.5. The highest BCUT2D eigenvalue weighted by Crippen LogP contribution is 2.26. The molecule has 0 saturated carbocycles. The van der Waals surface area contributed by atoms with Crippen molar-refractivity contribution in [2.75, 3.05) is 19.6 Å². The summed E-state index contributed by atoms with van der Waals surface area (Å²) in [5, 5.41) is 7.90. The Morgan fingerprint density at radius 3 is 2.68 bits per heavy atom. The minimum atomic E-state index is 0. The molecule has 0 aliphatic carbocycles. The lowest BCUT2D eigenvalue weighted by Gasteiger charge is -2.34. The largest absolute Gasteiger partial charge is 0.314 e. The summed E-state index contributed by atoms with van der Waals surface area (Å²) in [5.41, 5.74) is 1.34. The van der Waals surface area contributed by atoms with Crippen molar-refractivity contribution >= 4 is 12.4 Å². The lowest BCUT2D eigenvalue weighted by atomic mass is 9.88. The maximum Gasteiger partial charge on any atom is 0.0534 e. The van der Waals surface area contributed by atoms with Crippen molar-refractivity contribution in [3.05, 3.63) is 18.0 Å². The number of likely N-dealkylation sites (tertiary alicyclic amines) is 1. The molecule has 3 heterocycles. The molecule has 1 atom stereocenters. The molecule has 1 unspecified atom stereocenters. The molecule has 3 rings (SSSR count). The van der Waals surface area contributed by atoms with Crippen LogP contribution in [0.2, 0.25) is 0 Å². The van der Waals surface area contributed by atoms with E-state index in [0.29, 0.717) is 0 Å². The first-order valence-corrected chi connectivity index (χ1v) is 7.24. The molecule has 108 valence electrons. The van der Waals surface area contributed by atoms with Crippen molar-refractivity contribution in [3.8, 4) is 0 Å². The lowest BCUT2D eigenvalue weighted by Crippen LogP contribution is -2.40.